The first-order valence-electron chi connectivity index (χ1n) is 9.26. The van der Waals surface area contributed by atoms with Crippen molar-refractivity contribution in [2.45, 2.75) is 6.92 Å². The van der Waals surface area contributed by atoms with Gasteiger partial charge in [0.15, 0.2) is 5.13 Å². The predicted molar refractivity (Wildman–Crippen MR) is 117 cm³/mol. The molecule has 0 atom stereocenters. The van der Waals surface area contributed by atoms with Gasteiger partial charge in [-0.15, -0.1) is 11.3 Å². The highest BCUT2D eigenvalue weighted by molar-refractivity contribution is 7.14. The molecule has 0 fully saturated rings. The first-order valence-corrected chi connectivity index (χ1v) is 10.1. The number of anilines is 2. The largest absolute Gasteiger partial charge is 0.326 e. The zero-order chi connectivity index (χ0) is 22.1. The van der Waals surface area contributed by atoms with Crippen molar-refractivity contribution in [1.29, 1.82) is 0 Å². The summed E-state index contributed by atoms with van der Waals surface area (Å²) in [5.41, 5.74) is 2.61. The van der Waals surface area contributed by atoms with Crippen molar-refractivity contribution in [2.75, 3.05) is 17.2 Å². The maximum atomic E-state index is 14.4. The Balaban J connectivity index is 1.44. The van der Waals surface area contributed by atoms with Crippen LogP contribution in [-0.2, 0) is 9.59 Å². The van der Waals surface area contributed by atoms with Gasteiger partial charge in [0.2, 0.25) is 11.8 Å². The van der Waals surface area contributed by atoms with Crippen LogP contribution in [0, 0.1) is 5.82 Å². The molecule has 0 unspecified atom stereocenters. The number of aromatic nitrogens is 1. The van der Waals surface area contributed by atoms with E-state index in [0.717, 1.165) is 11.3 Å². The molecular formula is C22H17FN4O3S. The van der Waals surface area contributed by atoms with Crippen molar-refractivity contribution in [3.05, 3.63) is 71.4 Å². The molecule has 0 bridgehead atoms. The monoisotopic (exact) mass is 436 g/mol. The van der Waals surface area contributed by atoms with E-state index in [1.165, 1.54) is 24.0 Å². The first kappa shape index (κ1) is 20.4. The van der Waals surface area contributed by atoms with Crippen molar-refractivity contribution in [3.63, 3.8) is 0 Å². The molecule has 9 heteroatoms. The average molecular weight is 436 g/mol. The van der Waals surface area contributed by atoms with Gasteiger partial charge in [-0.1, -0.05) is 24.8 Å². The minimum atomic E-state index is -0.550. The molecule has 0 saturated carbocycles. The molecule has 0 aliphatic carbocycles. The molecule has 2 heterocycles. The lowest BCUT2D eigenvalue weighted by Gasteiger charge is -2.16. The molecule has 1 aliphatic rings. The Morgan fingerprint density at radius 3 is 2.55 bits per heavy atom. The number of rotatable bonds is 5. The Morgan fingerprint density at radius 2 is 1.87 bits per heavy atom. The van der Waals surface area contributed by atoms with Crippen molar-refractivity contribution < 1.29 is 18.8 Å². The number of halogens is 1. The molecule has 1 aromatic heterocycles. The smallest absolute Gasteiger partial charge is 0.259 e. The molecule has 3 amide bonds. The molecule has 0 spiro atoms. The molecule has 7 nitrogen and oxygen atoms in total. The summed E-state index contributed by atoms with van der Waals surface area (Å²) in [5.74, 6) is -1.57. The third kappa shape index (κ3) is 4.08. The van der Waals surface area contributed by atoms with Crippen LogP contribution in [0.25, 0.3) is 17.0 Å². The zero-order valence-electron chi connectivity index (χ0n) is 16.4. The van der Waals surface area contributed by atoms with Gasteiger partial charge in [0.1, 0.15) is 12.4 Å². The van der Waals surface area contributed by atoms with Crippen molar-refractivity contribution in [1.82, 2.24) is 9.88 Å². The standard InChI is InChI=1S/C22H17FN4O3S/c1-12-15-5-3-4-6-16(15)21(30)27(12)10-20(29)26-22-25-19(11-31-22)17-8-7-14(9-18(17)23)24-13(2)28/h3-9,11H,1,10H2,2H3,(H,24,28)(H,25,26,29). The third-order valence-electron chi connectivity index (χ3n) is 4.66. The molecule has 156 valence electrons. The van der Waals surface area contributed by atoms with Gasteiger partial charge in [0.05, 0.1) is 5.69 Å². The highest BCUT2D eigenvalue weighted by Gasteiger charge is 2.32. The molecule has 0 saturated heterocycles. The number of nitrogens with zero attached hydrogens (tertiary/aromatic N) is 2. The van der Waals surface area contributed by atoms with Crippen LogP contribution >= 0.6 is 11.3 Å². The molecular weight excluding hydrogens is 419 g/mol. The molecule has 3 aromatic rings. The van der Waals surface area contributed by atoms with Crippen LogP contribution in [0.4, 0.5) is 15.2 Å². The Labute approximate surface area is 181 Å². The number of carbonyl (C=O) groups is 3. The van der Waals surface area contributed by atoms with Gasteiger partial charge in [-0.3, -0.25) is 19.3 Å². The van der Waals surface area contributed by atoms with Crippen LogP contribution in [0.3, 0.4) is 0 Å². The van der Waals surface area contributed by atoms with Crippen LogP contribution in [0.2, 0.25) is 0 Å². The van der Waals surface area contributed by atoms with Gasteiger partial charge < -0.3 is 10.6 Å². The highest BCUT2D eigenvalue weighted by Crippen LogP contribution is 2.31. The lowest BCUT2D eigenvalue weighted by molar-refractivity contribution is -0.116. The maximum absolute atomic E-state index is 14.4. The zero-order valence-corrected chi connectivity index (χ0v) is 17.3. The number of thiazole rings is 1. The fourth-order valence-electron chi connectivity index (χ4n) is 3.26. The van der Waals surface area contributed by atoms with E-state index < -0.39 is 11.7 Å². The number of amides is 3. The third-order valence-corrected chi connectivity index (χ3v) is 5.41. The molecule has 4 rings (SSSR count). The SMILES string of the molecule is C=C1c2ccccc2C(=O)N1CC(=O)Nc1nc(-c2ccc(NC(C)=O)cc2F)cs1. The Kier molecular flexibility index (Phi) is 5.35. The van der Waals surface area contributed by atoms with E-state index in [1.54, 1.807) is 35.7 Å². The van der Waals surface area contributed by atoms with Gasteiger partial charge in [0, 0.05) is 40.4 Å². The van der Waals surface area contributed by atoms with Crippen LogP contribution in [0.15, 0.2) is 54.4 Å². The normalized spacial score (nSPS) is 12.6. The van der Waals surface area contributed by atoms with Crippen LogP contribution in [0.5, 0.6) is 0 Å². The topological polar surface area (TPSA) is 91.4 Å². The van der Waals surface area contributed by atoms with E-state index in [0.29, 0.717) is 28.2 Å². The second kappa shape index (κ2) is 8.11. The first-order chi connectivity index (χ1) is 14.8. The summed E-state index contributed by atoms with van der Waals surface area (Å²) < 4.78 is 14.4. The summed E-state index contributed by atoms with van der Waals surface area (Å²) >= 11 is 1.14. The minimum absolute atomic E-state index is 0.207. The van der Waals surface area contributed by atoms with Crippen LogP contribution < -0.4 is 10.6 Å². The van der Waals surface area contributed by atoms with Gasteiger partial charge in [0.25, 0.3) is 5.91 Å². The molecule has 2 N–H and O–H groups in total. The van der Waals surface area contributed by atoms with Gasteiger partial charge in [-0.2, -0.15) is 0 Å². The summed E-state index contributed by atoms with van der Waals surface area (Å²) in [6, 6.07) is 11.3. The summed E-state index contributed by atoms with van der Waals surface area (Å²) in [7, 11) is 0. The Morgan fingerprint density at radius 1 is 1.13 bits per heavy atom. The lowest BCUT2D eigenvalue weighted by atomic mass is 10.1. The fraction of sp³-hybridized carbons (Fsp3) is 0.0909. The molecule has 0 radical (unpaired) electrons. The van der Waals surface area contributed by atoms with Crippen LogP contribution in [0.1, 0.15) is 22.8 Å². The van der Waals surface area contributed by atoms with E-state index in [4.69, 9.17) is 0 Å². The van der Waals surface area contributed by atoms with E-state index >= 15 is 0 Å². The summed E-state index contributed by atoms with van der Waals surface area (Å²) in [6.45, 7) is 5.04. The maximum Gasteiger partial charge on any atom is 0.259 e. The molecule has 2 aromatic carbocycles. The fourth-order valence-corrected chi connectivity index (χ4v) is 3.99. The number of hydrogen-bond donors (Lipinski definition) is 2. The minimum Gasteiger partial charge on any atom is -0.326 e. The van der Waals surface area contributed by atoms with Gasteiger partial charge in [-0.05, 0) is 24.3 Å². The number of benzene rings is 2. The summed E-state index contributed by atoms with van der Waals surface area (Å²) in [4.78, 5) is 41.7. The van der Waals surface area contributed by atoms with Crippen molar-refractivity contribution in [2.24, 2.45) is 0 Å². The summed E-state index contributed by atoms with van der Waals surface area (Å²) in [5, 5.41) is 7.04. The van der Waals surface area contributed by atoms with Gasteiger partial charge in [-0.25, -0.2) is 9.37 Å². The Bertz CT molecular complexity index is 1200. The predicted octanol–water partition coefficient (Wildman–Crippen LogP) is 3.97. The average Bonchev–Trinajstić information content (AvgIpc) is 3.27. The number of fused-ring (bicyclic) bond motifs is 1. The number of hydrogen-bond acceptors (Lipinski definition) is 5. The van der Waals surface area contributed by atoms with Crippen LogP contribution in [-0.4, -0.2) is 34.2 Å². The molecule has 1 aliphatic heterocycles. The quantitative estimate of drug-likeness (QED) is 0.633. The van der Waals surface area contributed by atoms with E-state index in [1.807, 2.05) is 0 Å². The second-order valence-electron chi connectivity index (χ2n) is 6.85. The van der Waals surface area contributed by atoms with Crippen molar-refractivity contribution >= 4 is 45.6 Å². The van der Waals surface area contributed by atoms with E-state index in [2.05, 4.69) is 22.2 Å². The van der Waals surface area contributed by atoms with E-state index in [-0.39, 0.29) is 29.1 Å². The van der Waals surface area contributed by atoms with Gasteiger partial charge >= 0.3 is 0 Å². The number of carbonyl (C=O) groups excluding carboxylic acids is 3. The van der Waals surface area contributed by atoms with Crippen molar-refractivity contribution in [3.8, 4) is 11.3 Å². The Hall–Kier alpha value is -3.85. The van der Waals surface area contributed by atoms with E-state index in [9.17, 15) is 18.8 Å². The summed E-state index contributed by atoms with van der Waals surface area (Å²) in [6.07, 6.45) is 0. The number of nitrogens with one attached hydrogen (secondary N) is 2. The highest BCUT2D eigenvalue weighted by atomic mass is 32.1. The second-order valence-corrected chi connectivity index (χ2v) is 7.70. The lowest BCUT2D eigenvalue weighted by Crippen LogP contribution is -2.32. The molecule has 31 heavy (non-hydrogen) atoms.